The Hall–Kier alpha value is -3.08. The number of carbonyl (C=O) groups is 1. The van der Waals surface area contributed by atoms with Crippen LogP contribution in [0.2, 0.25) is 10.0 Å². The molecule has 28 heavy (non-hydrogen) atoms. The fourth-order valence-electron chi connectivity index (χ4n) is 2.92. The monoisotopic (exact) mass is 409 g/mol. The number of fused-ring (bicyclic) bond motifs is 1. The summed E-state index contributed by atoms with van der Waals surface area (Å²) in [4.78, 5) is 25.0. The summed E-state index contributed by atoms with van der Waals surface area (Å²) in [5.41, 5.74) is 1.91. The lowest BCUT2D eigenvalue weighted by molar-refractivity contribution is 0.102. The van der Waals surface area contributed by atoms with Crippen LogP contribution < -0.4 is 10.9 Å². The van der Waals surface area contributed by atoms with Crippen molar-refractivity contribution in [2.24, 2.45) is 0 Å². The van der Waals surface area contributed by atoms with Crippen LogP contribution in [0.5, 0.6) is 0 Å². The third-order valence-electron chi connectivity index (χ3n) is 4.20. The Kier molecular flexibility index (Phi) is 4.90. The molecule has 1 amide bonds. The van der Waals surface area contributed by atoms with E-state index in [4.69, 9.17) is 27.6 Å². The van der Waals surface area contributed by atoms with Gasteiger partial charge in [-0.1, -0.05) is 53.5 Å². The number of hydrogen-bond donors (Lipinski definition) is 1. The Labute approximate surface area is 170 Å². The molecule has 1 N–H and O–H groups in total. The number of halogens is 2. The van der Waals surface area contributed by atoms with Crippen molar-refractivity contribution in [1.82, 2.24) is 0 Å². The lowest BCUT2D eigenvalue weighted by Crippen LogP contribution is -2.12. The molecule has 0 spiro atoms. The van der Waals surface area contributed by atoms with E-state index in [0.29, 0.717) is 38.0 Å². The van der Waals surface area contributed by atoms with Gasteiger partial charge in [0, 0.05) is 26.7 Å². The Morgan fingerprint density at radius 1 is 0.857 bits per heavy atom. The summed E-state index contributed by atoms with van der Waals surface area (Å²) in [7, 11) is 0. The Bertz CT molecular complexity index is 1240. The average Bonchev–Trinajstić information content (AvgIpc) is 2.66. The molecule has 0 fully saturated rings. The van der Waals surface area contributed by atoms with Gasteiger partial charge in [0.25, 0.3) is 5.91 Å². The van der Waals surface area contributed by atoms with Gasteiger partial charge in [-0.2, -0.15) is 0 Å². The molecule has 0 saturated heterocycles. The second-order valence-corrected chi connectivity index (χ2v) is 7.05. The minimum atomic E-state index is -0.460. The van der Waals surface area contributed by atoms with Crippen LogP contribution in [-0.2, 0) is 0 Å². The first-order chi connectivity index (χ1) is 13.5. The number of benzene rings is 3. The summed E-state index contributed by atoms with van der Waals surface area (Å²) in [5.74, 6) is -0.342. The van der Waals surface area contributed by atoms with Crippen molar-refractivity contribution >= 4 is 45.8 Å². The number of hydrogen-bond acceptors (Lipinski definition) is 3. The van der Waals surface area contributed by atoms with Gasteiger partial charge in [0.1, 0.15) is 5.58 Å². The van der Waals surface area contributed by atoms with Crippen molar-refractivity contribution < 1.29 is 9.21 Å². The zero-order chi connectivity index (χ0) is 19.7. The highest BCUT2D eigenvalue weighted by molar-refractivity contribution is 6.35. The summed E-state index contributed by atoms with van der Waals surface area (Å²) in [6.45, 7) is 0. The predicted octanol–water partition coefficient (Wildman–Crippen LogP) is 6.02. The first-order valence-corrected chi connectivity index (χ1v) is 9.16. The maximum Gasteiger partial charge on any atom is 0.344 e. The quantitative estimate of drug-likeness (QED) is 0.420. The van der Waals surface area contributed by atoms with Crippen LogP contribution >= 0.6 is 23.2 Å². The summed E-state index contributed by atoms with van der Waals surface area (Å²) < 4.78 is 5.38. The molecule has 0 bridgehead atoms. The van der Waals surface area contributed by atoms with Crippen molar-refractivity contribution in [1.29, 1.82) is 0 Å². The van der Waals surface area contributed by atoms with Gasteiger partial charge in [-0.05, 0) is 48.0 Å². The minimum absolute atomic E-state index is 0.342. The number of amides is 1. The number of nitrogens with one attached hydrogen (secondary N) is 1. The fourth-order valence-corrected chi connectivity index (χ4v) is 3.45. The smallest absolute Gasteiger partial charge is 0.344 e. The molecule has 0 aliphatic carbocycles. The van der Waals surface area contributed by atoms with Gasteiger partial charge in [-0.15, -0.1) is 0 Å². The van der Waals surface area contributed by atoms with E-state index in [9.17, 15) is 9.59 Å². The van der Waals surface area contributed by atoms with Crippen LogP contribution in [0.25, 0.3) is 22.1 Å². The zero-order valence-electron chi connectivity index (χ0n) is 14.4. The molecule has 0 aliphatic rings. The molecular weight excluding hydrogens is 397 g/mol. The van der Waals surface area contributed by atoms with E-state index in [0.717, 1.165) is 5.39 Å². The van der Waals surface area contributed by atoms with Crippen molar-refractivity contribution in [2.75, 3.05) is 5.32 Å². The molecule has 4 rings (SSSR count). The topological polar surface area (TPSA) is 59.3 Å². The van der Waals surface area contributed by atoms with E-state index in [-0.39, 0.29) is 5.91 Å². The molecule has 1 aromatic heterocycles. The van der Waals surface area contributed by atoms with Gasteiger partial charge in [0.05, 0.1) is 5.56 Å². The molecule has 0 radical (unpaired) electrons. The third kappa shape index (κ3) is 3.79. The molecule has 3 aromatic carbocycles. The highest BCUT2D eigenvalue weighted by Gasteiger charge is 2.12. The molecule has 0 aliphatic heterocycles. The van der Waals surface area contributed by atoms with E-state index >= 15 is 0 Å². The van der Waals surface area contributed by atoms with Gasteiger partial charge < -0.3 is 9.73 Å². The van der Waals surface area contributed by atoms with Gasteiger partial charge in [0.15, 0.2) is 0 Å². The molecule has 0 saturated carbocycles. The van der Waals surface area contributed by atoms with Gasteiger partial charge in [0.2, 0.25) is 0 Å². The van der Waals surface area contributed by atoms with E-state index in [1.54, 1.807) is 60.7 Å². The van der Waals surface area contributed by atoms with Crippen LogP contribution in [0.3, 0.4) is 0 Å². The molecule has 4 aromatic rings. The Balaban J connectivity index is 1.69. The maximum absolute atomic E-state index is 12.6. The lowest BCUT2D eigenvalue weighted by Gasteiger charge is -2.08. The molecule has 4 nitrogen and oxygen atoms in total. The lowest BCUT2D eigenvalue weighted by atomic mass is 10.0. The van der Waals surface area contributed by atoms with E-state index in [2.05, 4.69) is 5.32 Å². The standard InChI is InChI=1S/C22H13Cl2NO3/c23-16-10-17(24)12-18(11-16)25-21(26)15-6-3-5-13(8-15)19-9-14-4-1-2-7-20(14)28-22(19)27/h1-12H,(H,25,26). The molecule has 0 atom stereocenters. The van der Waals surface area contributed by atoms with Crippen LogP contribution in [0.1, 0.15) is 10.4 Å². The molecule has 0 unspecified atom stereocenters. The number of para-hydroxylation sites is 1. The van der Waals surface area contributed by atoms with Gasteiger partial charge in [-0.25, -0.2) is 4.79 Å². The second-order valence-electron chi connectivity index (χ2n) is 6.18. The summed E-state index contributed by atoms with van der Waals surface area (Å²) in [6.07, 6.45) is 0. The summed E-state index contributed by atoms with van der Waals surface area (Å²) >= 11 is 11.9. The largest absolute Gasteiger partial charge is 0.422 e. The van der Waals surface area contributed by atoms with E-state index in [1.165, 1.54) is 0 Å². The number of rotatable bonds is 3. The van der Waals surface area contributed by atoms with Gasteiger partial charge >= 0.3 is 5.63 Å². The predicted molar refractivity (Wildman–Crippen MR) is 112 cm³/mol. The van der Waals surface area contributed by atoms with Crippen molar-refractivity contribution in [3.05, 3.63) is 98.8 Å². The normalized spacial score (nSPS) is 10.8. The zero-order valence-corrected chi connectivity index (χ0v) is 15.9. The number of anilines is 1. The van der Waals surface area contributed by atoms with Crippen LogP contribution in [-0.4, -0.2) is 5.91 Å². The van der Waals surface area contributed by atoms with Crippen LogP contribution in [0.4, 0.5) is 5.69 Å². The van der Waals surface area contributed by atoms with Crippen molar-refractivity contribution in [2.45, 2.75) is 0 Å². The Morgan fingerprint density at radius 3 is 2.39 bits per heavy atom. The van der Waals surface area contributed by atoms with Crippen LogP contribution in [0.15, 0.2) is 82.0 Å². The van der Waals surface area contributed by atoms with E-state index in [1.807, 2.05) is 12.1 Å². The highest BCUT2D eigenvalue weighted by Crippen LogP contribution is 2.24. The molecular formula is C22H13Cl2NO3. The van der Waals surface area contributed by atoms with Crippen molar-refractivity contribution in [3.63, 3.8) is 0 Å². The summed E-state index contributed by atoms with van der Waals surface area (Å²) in [5, 5.41) is 4.40. The fraction of sp³-hybridized carbons (Fsp3) is 0. The first-order valence-electron chi connectivity index (χ1n) is 8.40. The second kappa shape index (κ2) is 7.50. The SMILES string of the molecule is O=C(Nc1cc(Cl)cc(Cl)c1)c1cccc(-c2cc3ccccc3oc2=O)c1. The number of carbonyl (C=O) groups excluding carboxylic acids is 1. The third-order valence-corrected chi connectivity index (χ3v) is 4.63. The molecule has 1 heterocycles. The molecule has 138 valence electrons. The molecule has 6 heteroatoms. The maximum atomic E-state index is 12.6. The van der Waals surface area contributed by atoms with Gasteiger partial charge in [-0.3, -0.25) is 4.79 Å². The Morgan fingerprint density at radius 2 is 1.61 bits per heavy atom. The van der Waals surface area contributed by atoms with Crippen molar-refractivity contribution in [3.8, 4) is 11.1 Å². The highest BCUT2D eigenvalue weighted by atomic mass is 35.5. The van der Waals surface area contributed by atoms with E-state index < -0.39 is 5.63 Å². The summed E-state index contributed by atoms with van der Waals surface area (Å²) in [6, 6.07) is 20.6. The average molecular weight is 410 g/mol. The van der Waals surface area contributed by atoms with Crippen LogP contribution in [0, 0.1) is 0 Å². The minimum Gasteiger partial charge on any atom is -0.422 e. The first kappa shape index (κ1) is 18.3.